The summed E-state index contributed by atoms with van der Waals surface area (Å²) in [5, 5.41) is 6.25. The quantitative estimate of drug-likeness (QED) is 0.717. The second kappa shape index (κ2) is 9.33. The maximum Gasteiger partial charge on any atom is 0.221 e. The molecule has 5 heteroatoms. The van der Waals surface area contributed by atoms with Crippen molar-refractivity contribution in [3.05, 3.63) is 58.1 Å². The van der Waals surface area contributed by atoms with Crippen LogP contribution in [0.2, 0.25) is 0 Å². The van der Waals surface area contributed by atoms with Crippen LogP contribution >= 0.6 is 15.9 Å². The molecule has 1 amide bonds. The average molecular weight is 391 g/mol. The number of methoxy groups -OCH3 is 1. The number of carbonyl (C=O) groups excluding carboxylic acids is 1. The van der Waals surface area contributed by atoms with Crippen LogP contribution in [0.15, 0.2) is 46.9 Å². The van der Waals surface area contributed by atoms with E-state index in [9.17, 15) is 4.79 Å². The maximum atomic E-state index is 11.9. The first-order valence-corrected chi connectivity index (χ1v) is 8.77. The van der Waals surface area contributed by atoms with Gasteiger partial charge in [-0.3, -0.25) is 4.79 Å². The van der Waals surface area contributed by atoms with Crippen LogP contribution in [0.3, 0.4) is 0 Å². The van der Waals surface area contributed by atoms with E-state index in [0.29, 0.717) is 19.5 Å². The summed E-state index contributed by atoms with van der Waals surface area (Å²) < 4.78 is 6.19. The lowest BCUT2D eigenvalue weighted by molar-refractivity contribution is -0.120. The minimum absolute atomic E-state index is 0.0609. The third kappa shape index (κ3) is 5.89. The molecule has 4 nitrogen and oxygen atoms in total. The maximum absolute atomic E-state index is 11.9. The fourth-order valence-corrected chi connectivity index (χ4v) is 2.84. The van der Waals surface area contributed by atoms with Crippen molar-refractivity contribution in [3.63, 3.8) is 0 Å². The van der Waals surface area contributed by atoms with Crippen molar-refractivity contribution in [1.82, 2.24) is 5.32 Å². The third-order valence-electron chi connectivity index (χ3n) is 3.75. The van der Waals surface area contributed by atoms with E-state index >= 15 is 0 Å². The molecule has 0 atom stereocenters. The van der Waals surface area contributed by atoms with Crippen LogP contribution in [0.5, 0.6) is 5.75 Å². The smallest absolute Gasteiger partial charge is 0.221 e. The summed E-state index contributed by atoms with van der Waals surface area (Å²) in [5.74, 6) is 0.905. The highest BCUT2D eigenvalue weighted by Crippen LogP contribution is 2.19. The summed E-state index contributed by atoms with van der Waals surface area (Å²) in [6, 6.07) is 14.0. The van der Waals surface area contributed by atoms with E-state index in [-0.39, 0.29) is 5.91 Å². The van der Waals surface area contributed by atoms with Crippen LogP contribution in [0.4, 0.5) is 5.69 Å². The Bertz CT molecular complexity index is 672. The molecule has 0 aliphatic rings. The zero-order chi connectivity index (χ0) is 17.4. The Hall–Kier alpha value is -2.01. The normalized spacial score (nSPS) is 10.3. The lowest BCUT2D eigenvalue weighted by Crippen LogP contribution is -2.27. The first-order valence-electron chi connectivity index (χ1n) is 7.98. The van der Waals surface area contributed by atoms with Gasteiger partial charge in [-0.1, -0.05) is 28.1 Å². The van der Waals surface area contributed by atoms with E-state index < -0.39 is 0 Å². The zero-order valence-electron chi connectivity index (χ0n) is 14.1. The number of carbonyl (C=O) groups is 1. The van der Waals surface area contributed by atoms with Gasteiger partial charge in [0.05, 0.1) is 7.11 Å². The molecule has 0 radical (unpaired) electrons. The van der Waals surface area contributed by atoms with Crippen LogP contribution in [-0.4, -0.2) is 26.1 Å². The monoisotopic (exact) mass is 390 g/mol. The molecule has 24 heavy (non-hydrogen) atoms. The predicted octanol–water partition coefficient (Wildman–Crippen LogP) is 3.93. The summed E-state index contributed by atoms with van der Waals surface area (Å²) >= 11 is 3.44. The third-order valence-corrected chi connectivity index (χ3v) is 4.24. The number of ether oxygens (including phenoxy) is 1. The molecule has 2 aromatic carbocycles. The average Bonchev–Trinajstić information content (AvgIpc) is 2.57. The van der Waals surface area contributed by atoms with Crippen LogP contribution in [0.25, 0.3) is 0 Å². The van der Waals surface area contributed by atoms with E-state index in [1.54, 1.807) is 7.11 Å². The molecule has 2 N–H and O–H groups in total. The van der Waals surface area contributed by atoms with Gasteiger partial charge in [0, 0.05) is 29.7 Å². The molecule has 0 heterocycles. The molecule has 2 rings (SSSR count). The second-order valence-corrected chi connectivity index (χ2v) is 6.50. The van der Waals surface area contributed by atoms with Gasteiger partial charge in [0.2, 0.25) is 5.91 Å². The van der Waals surface area contributed by atoms with Crippen molar-refractivity contribution >= 4 is 27.5 Å². The molecule has 0 aliphatic carbocycles. The Balaban J connectivity index is 1.66. The SMILES string of the molecule is COc1ccc(CCNC(=O)CCNc2ccc(Br)cc2C)cc1. The zero-order valence-corrected chi connectivity index (χ0v) is 15.7. The van der Waals surface area contributed by atoms with E-state index in [1.165, 1.54) is 5.56 Å². The fraction of sp³-hybridized carbons (Fsp3) is 0.316. The summed E-state index contributed by atoms with van der Waals surface area (Å²) in [6.07, 6.45) is 1.27. The molecule has 0 aliphatic heterocycles. The summed E-state index contributed by atoms with van der Waals surface area (Å²) in [5.41, 5.74) is 3.40. The molecule has 0 unspecified atom stereocenters. The first-order chi connectivity index (χ1) is 11.6. The van der Waals surface area contributed by atoms with Crippen molar-refractivity contribution < 1.29 is 9.53 Å². The highest BCUT2D eigenvalue weighted by atomic mass is 79.9. The Morgan fingerprint density at radius 2 is 1.88 bits per heavy atom. The van der Waals surface area contributed by atoms with Crippen molar-refractivity contribution in [1.29, 1.82) is 0 Å². The minimum Gasteiger partial charge on any atom is -0.497 e. The second-order valence-electron chi connectivity index (χ2n) is 5.58. The van der Waals surface area contributed by atoms with Gasteiger partial charge in [-0.05, 0) is 54.8 Å². The van der Waals surface area contributed by atoms with Crippen LogP contribution in [0, 0.1) is 6.92 Å². The van der Waals surface area contributed by atoms with Gasteiger partial charge in [-0.25, -0.2) is 0 Å². The van der Waals surface area contributed by atoms with Gasteiger partial charge < -0.3 is 15.4 Å². The number of amides is 1. The van der Waals surface area contributed by atoms with Gasteiger partial charge in [0.15, 0.2) is 0 Å². The van der Waals surface area contributed by atoms with E-state index in [1.807, 2.05) is 43.3 Å². The molecule has 0 spiro atoms. The largest absolute Gasteiger partial charge is 0.497 e. The highest BCUT2D eigenvalue weighted by Gasteiger charge is 2.03. The van der Waals surface area contributed by atoms with Gasteiger partial charge in [-0.15, -0.1) is 0 Å². The van der Waals surface area contributed by atoms with Crippen LogP contribution < -0.4 is 15.4 Å². The Morgan fingerprint density at radius 3 is 2.54 bits per heavy atom. The van der Waals surface area contributed by atoms with Crippen molar-refractivity contribution in [2.45, 2.75) is 19.8 Å². The number of nitrogens with one attached hydrogen (secondary N) is 2. The van der Waals surface area contributed by atoms with Crippen LogP contribution in [-0.2, 0) is 11.2 Å². The van der Waals surface area contributed by atoms with Gasteiger partial charge in [0.25, 0.3) is 0 Å². The standard InChI is InChI=1S/C19H23BrN2O2/c1-14-13-16(20)5-8-18(14)21-12-10-19(23)22-11-9-15-3-6-17(24-2)7-4-15/h3-8,13,21H,9-12H2,1-2H3,(H,22,23). The molecule has 0 saturated heterocycles. The number of halogens is 1. The van der Waals surface area contributed by atoms with Crippen molar-refractivity contribution in [3.8, 4) is 5.75 Å². The van der Waals surface area contributed by atoms with E-state index in [0.717, 1.165) is 27.9 Å². The summed E-state index contributed by atoms with van der Waals surface area (Å²) in [7, 11) is 1.65. The number of hydrogen-bond donors (Lipinski definition) is 2. The lowest BCUT2D eigenvalue weighted by Gasteiger charge is -2.10. The Morgan fingerprint density at radius 1 is 1.12 bits per heavy atom. The van der Waals surface area contributed by atoms with Crippen molar-refractivity contribution in [2.24, 2.45) is 0 Å². The number of hydrogen-bond acceptors (Lipinski definition) is 3. The minimum atomic E-state index is 0.0609. The first kappa shape index (κ1) is 18.3. The van der Waals surface area contributed by atoms with Crippen LogP contribution in [0.1, 0.15) is 17.5 Å². The van der Waals surface area contributed by atoms with E-state index in [2.05, 4.69) is 32.6 Å². The van der Waals surface area contributed by atoms with Gasteiger partial charge in [0.1, 0.15) is 5.75 Å². The predicted molar refractivity (Wildman–Crippen MR) is 102 cm³/mol. The molecule has 0 bridgehead atoms. The highest BCUT2D eigenvalue weighted by molar-refractivity contribution is 9.10. The van der Waals surface area contributed by atoms with Crippen molar-refractivity contribution in [2.75, 3.05) is 25.5 Å². The van der Waals surface area contributed by atoms with E-state index in [4.69, 9.17) is 4.74 Å². The topological polar surface area (TPSA) is 50.4 Å². The summed E-state index contributed by atoms with van der Waals surface area (Å²) in [6.45, 7) is 3.31. The van der Waals surface area contributed by atoms with Gasteiger partial charge >= 0.3 is 0 Å². The molecule has 2 aromatic rings. The van der Waals surface area contributed by atoms with Gasteiger partial charge in [-0.2, -0.15) is 0 Å². The Labute approximate surface area is 151 Å². The molecular weight excluding hydrogens is 368 g/mol. The molecule has 0 fully saturated rings. The summed E-state index contributed by atoms with van der Waals surface area (Å²) in [4.78, 5) is 11.9. The number of aryl methyl sites for hydroxylation is 1. The molecule has 0 aromatic heterocycles. The Kier molecular flexibility index (Phi) is 7.12. The fourth-order valence-electron chi connectivity index (χ4n) is 2.36. The number of benzene rings is 2. The number of anilines is 1. The molecule has 0 saturated carbocycles. The number of rotatable bonds is 8. The lowest BCUT2D eigenvalue weighted by atomic mass is 10.1. The molecular formula is C19H23BrN2O2. The molecule has 128 valence electrons.